The molecule has 2 unspecified atom stereocenters. The third-order valence-electron chi connectivity index (χ3n) is 4.19. The summed E-state index contributed by atoms with van der Waals surface area (Å²) in [6.45, 7) is 6.20. The number of amides is 1. The number of hydrogen-bond acceptors (Lipinski definition) is 4. The van der Waals surface area contributed by atoms with E-state index >= 15 is 0 Å². The lowest BCUT2D eigenvalue weighted by atomic mass is 9.98. The van der Waals surface area contributed by atoms with E-state index in [0.29, 0.717) is 30.1 Å². The van der Waals surface area contributed by atoms with Gasteiger partial charge in [0.15, 0.2) is 0 Å². The van der Waals surface area contributed by atoms with E-state index in [2.05, 4.69) is 24.5 Å². The monoisotopic (exact) mass is 291 g/mol. The maximum atomic E-state index is 11.5. The first-order chi connectivity index (χ1) is 9.92. The van der Waals surface area contributed by atoms with Gasteiger partial charge in [-0.25, -0.2) is 0 Å². The molecule has 1 aliphatic rings. The summed E-state index contributed by atoms with van der Waals surface area (Å²) in [5.41, 5.74) is 2.03. The Labute approximate surface area is 124 Å². The van der Waals surface area contributed by atoms with E-state index in [4.69, 9.17) is 0 Å². The van der Waals surface area contributed by atoms with Crippen molar-refractivity contribution in [2.45, 2.75) is 46.1 Å². The molecular weight excluding hydrogens is 270 g/mol. The topological polar surface area (TPSA) is 84.3 Å². The number of carbonyl (C=O) groups excluding carboxylic acids is 1. The van der Waals surface area contributed by atoms with Crippen LogP contribution < -0.4 is 10.6 Å². The Bertz CT molecular complexity index is 572. The van der Waals surface area contributed by atoms with Crippen LogP contribution in [0.1, 0.15) is 39.2 Å². The number of nitrogens with one attached hydrogen (secondary N) is 2. The molecule has 0 aliphatic carbocycles. The predicted molar refractivity (Wildman–Crippen MR) is 82.6 cm³/mol. The minimum atomic E-state index is -0.373. The SMILES string of the molecule is CCC(C)C(C)Nc1cc2c(cc1[N+](=O)[O-])CCC(=O)N2. The van der Waals surface area contributed by atoms with E-state index in [1.165, 1.54) is 0 Å². The molecule has 0 saturated carbocycles. The van der Waals surface area contributed by atoms with Crippen LogP contribution in [-0.4, -0.2) is 16.9 Å². The lowest BCUT2D eigenvalue weighted by molar-refractivity contribution is -0.384. The summed E-state index contributed by atoms with van der Waals surface area (Å²) >= 11 is 0. The van der Waals surface area contributed by atoms with Crippen LogP contribution in [0.3, 0.4) is 0 Å². The number of benzene rings is 1. The molecule has 0 aromatic heterocycles. The van der Waals surface area contributed by atoms with Crippen molar-refractivity contribution in [1.82, 2.24) is 0 Å². The number of rotatable bonds is 5. The van der Waals surface area contributed by atoms with Gasteiger partial charge in [-0.1, -0.05) is 20.3 Å². The van der Waals surface area contributed by atoms with Gasteiger partial charge < -0.3 is 10.6 Å². The normalized spacial score (nSPS) is 16.6. The highest BCUT2D eigenvalue weighted by Crippen LogP contribution is 2.35. The Morgan fingerprint density at radius 1 is 1.38 bits per heavy atom. The summed E-state index contributed by atoms with van der Waals surface area (Å²) in [7, 11) is 0. The molecule has 21 heavy (non-hydrogen) atoms. The van der Waals surface area contributed by atoms with Crippen LogP contribution in [0.2, 0.25) is 0 Å². The first-order valence-corrected chi connectivity index (χ1v) is 7.30. The number of nitro benzene ring substituents is 1. The van der Waals surface area contributed by atoms with Crippen LogP contribution in [-0.2, 0) is 11.2 Å². The van der Waals surface area contributed by atoms with Crippen molar-refractivity contribution in [1.29, 1.82) is 0 Å². The highest BCUT2D eigenvalue weighted by molar-refractivity contribution is 5.95. The molecule has 2 rings (SSSR count). The summed E-state index contributed by atoms with van der Waals surface area (Å²) in [4.78, 5) is 22.4. The van der Waals surface area contributed by atoms with E-state index in [-0.39, 0.29) is 22.6 Å². The van der Waals surface area contributed by atoms with Crippen molar-refractivity contribution >= 4 is 23.0 Å². The molecule has 6 nitrogen and oxygen atoms in total. The molecule has 1 heterocycles. The number of anilines is 2. The zero-order chi connectivity index (χ0) is 15.6. The van der Waals surface area contributed by atoms with Gasteiger partial charge in [-0.15, -0.1) is 0 Å². The van der Waals surface area contributed by atoms with Crippen LogP contribution in [0.4, 0.5) is 17.1 Å². The molecule has 6 heteroatoms. The molecule has 2 atom stereocenters. The highest BCUT2D eigenvalue weighted by Gasteiger charge is 2.24. The van der Waals surface area contributed by atoms with Gasteiger partial charge >= 0.3 is 0 Å². The largest absolute Gasteiger partial charge is 0.377 e. The molecule has 114 valence electrons. The molecular formula is C15H21N3O3. The first-order valence-electron chi connectivity index (χ1n) is 7.30. The highest BCUT2D eigenvalue weighted by atomic mass is 16.6. The number of nitro groups is 1. The fourth-order valence-corrected chi connectivity index (χ4v) is 2.42. The van der Waals surface area contributed by atoms with Crippen molar-refractivity contribution in [2.75, 3.05) is 10.6 Å². The smallest absolute Gasteiger partial charge is 0.292 e. The van der Waals surface area contributed by atoms with E-state index < -0.39 is 0 Å². The molecule has 0 fully saturated rings. The van der Waals surface area contributed by atoms with Crippen molar-refractivity contribution in [3.8, 4) is 0 Å². The lowest BCUT2D eigenvalue weighted by Gasteiger charge is -2.23. The van der Waals surface area contributed by atoms with Crippen molar-refractivity contribution in [2.24, 2.45) is 5.92 Å². The zero-order valence-electron chi connectivity index (χ0n) is 12.6. The van der Waals surface area contributed by atoms with Gasteiger partial charge in [0.25, 0.3) is 5.69 Å². The van der Waals surface area contributed by atoms with E-state index in [1.807, 2.05) is 6.92 Å². The Kier molecular flexibility index (Phi) is 4.45. The second-order valence-corrected chi connectivity index (χ2v) is 5.65. The number of aryl methyl sites for hydroxylation is 1. The maximum absolute atomic E-state index is 11.5. The Morgan fingerprint density at radius 2 is 2.10 bits per heavy atom. The van der Waals surface area contributed by atoms with Gasteiger partial charge in [0.2, 0.25) is 5.91 Å². The van der Waals surface area contributed by atoms with Gasteiger partial charge in [-0.2, -0.15) is 0 Å². The third kappa shape index (κ3) is 3.32. The summed E-state index contributed by atoms with van der Waals surface area (Å²) < 4.78 is 0. The van der Waals surface area contributed by atoms with E-state index in [9.17, 15) is 14.9 Å². The molecule has 0 spiro atoms. The molecule has 0 saturated heterocycles. The van der Waals surface area contributed by atoms with Crippen LogP contribution >= 0.6 is 0 Å². The molecule has 1 aromatic rings. The summed E-state index contributed by atoms with van der Waals surface area (Å²) in [5.74, 6) is 0.354. The quantitative estimate of drug-likeness (QED) is 0.643. The zero-order valence-corrected chi connectivity index (χ0v) is 12.6. The second kappa shape index (κ2) is 6.11. The van der Waals surface area contributed by atoms with Crippen LogP contribution in [0, 0.1) is 16.0 Å². The van der Waals surface area contributed by atoms with Gasteiger partial charge in [-0.3, -0.25) is 14.9 Å². The molecule has 1 amide bonds. The minimum Gasteiger partial charge on any atom is -0.377 e. The van der Waals surface area contributed by atoms with Crippen LogP contribution in [0.5, 0.6) is 0 Å². The van der Waals surface area contributed by atoms with Crippen LogP contribution in [0.25, 0.3) is 0 Å². The van der Waals surface area contributed by atoms with Gasteiger partial charge in [0.1, 0.15) is 5.69 Å². The van der Waals surface area contributed by atoms with Crippen molar-refractivity contribution in [3.63, 3.8) is 0 Å². The first kappa shape index (κ1) is 15.3. The third-order valence-corrected chi connectivity index (χ3v) is 4.19. The number of nitrogens with zero attached hydrogens (tertiary/aromatic N) is 1. The number of carbonyl (C=O) groups is 1. The summed E-state index contributed by atoms with van der Waals surface area (Å²) in [6.07, 6.45) is 1.91. The van der Waals surface area contributed by atoms with Crippen molar-refractivity contribution in [3.05, 3.63) is 27.8 Å². The van der Waals surface area contributed by atoms with E-state index in [1.54, 1.807) is 12.1 Å². The molecule has 0 radical (unpaired) electrons. The predicted octanol–water partition coefficient (Wildman–Crippen LogP) is 3.33. The standard InChI is InChI=1S/C15H21N3O3/c1-4-9(2)10(3)16-13-8-12-11(5-6-15(19)17-12)7-14(13)18(20)21/h7-10,16H,4-6H2,1-3H3,(H,17,19). The molecule has 1 aromatic carbocycles. The maximum Gasteiger partial charge on any atom is 0.292 e. The molecule has 2 N–H and O–H groups in total. The minimum absolute atomic E-state index is 0.0442. The van der Waals surface area contributed by atoms with Gasteiger partial charge in [0.05, 0.1) is 4.92 Å². The lowest BCUT2D eigenvalue weighted by Crippen LogP contribution is -2.24. The fraction of sp³-hybridized carbons (Fsp3) is 0.533. The number of fused-ring (bicyclic) bond motifs is 1. The summed E-state index contributed by atoms with van der Waals surface area (Å²) in [6, 6.07) is 3.37. The average Bonchev–Trinajstić information content (AvgIpc) is 2.45. The molecule has 0 bridgehead atoms. The van der Waals surface area contributed by atoms with Crippen molar-refractivity contribution < 1.29 is 9.72 Å². The summed E-state index contributed by atoms with van der Waals surface area (Å²) in [5, 5.41) is 17.3. The fourth-order valence-electron chi connectivity index (χ4n) is 2.42. The Hall–Kier alpha value is -2.11. The Morgan fingerprint density at radius 3 is 2.71 bits per heavy atom. The van der Waals surface area contributed by atoms with Gasteiger partial charge in [-0.05, 0) is 30.9 Å². The van der Waals surface area contributed by atoms with Gasteiger partial charge in [0, 0.05) is 24.2 Å². The Balaban J connectivity index is 2.36. The second-order valence-electron chi connectivity index (χ2n) is 5.65. The molecule has 1 aliphatic heterocycles. The van der Waals surface area contributed by atoms with Crippen LogP contribution in [0.15, 0.2) is 12.1 Å². The van der Waals surface area contributed by atoms with E-state index in [0.717, 1.165) is 12.0 Å². The average molecular weight is 291 g/mol. The number of hydrogen-bond donors (Lipinski definition) is 2.